The van der Waals surface area contributed by atoms with Gasteiger partial charge in [-0.2, -0.15) is 0 Å². The number of ether oxygens (including phenoxy) is 1. The molecule has 1 aliphatic rings. The van der Waals surface area contributed by atoms with Crippen LogP contribution in [0.1, 0.15) is 45.9 Å². The molecule has 1 saturated heterocycles. The lowest BCUT2D eigenvalue weighted by molar-refractivity contribution is 0.0152. The van der Waals surface area contributed by atoms with Crippen molar-refractivity contribution in [2.24, 2.45) is 5.92 Å². The van der Waals surface area contributed by atoms with E-state index in [4.69, 9.17) is 4.74 Å². The molecular formula is C15H22BrN3O2. The molecule has 0 spiro atoms. The van der Waals surface area contributed by atoms with Gasteiger partial charge >= 0.3 is 6.09 Å². The zero-order valence-corrected chi connectivity index (χ0v) is 14.6. The van der Waals surface area contributed by atoms with Crippen molar-refractivity contribution in [3.8, 4) is 0 Å². The predicted octanol–water partition coefficient (Wildman–Crippen LogP) is 3.60. The highest BCUT2D eigenvalue weighted by Crippen LogP contribution is 2.31. The van der Waals surface area contributed by atoms with Gasteiger partial charge in [-0.05, 0) is 49.0 Å². The molecule has 5 nitrogen and oxygen atoms in total. The summed E-state index contributed by atoms with van der Waals surface area (Å²) in [6, 6.07) is 0. The fraction of sp³-hybridized carbons (Fsp3) is 0.667. The van der Waals surface area contributed by atoms with Gasteiger partial charge in [0, 0.05) is 31.4 Å². The van der Waals surface area contributed by atoms with Crippen LogP contribution in [0.25, 0.3) is 0 Å². The van der Waals surface area contributed by atoms with E-state index in [0.717, 1.165) is 16.7 Å². The summed E-state index contributed by atoms with van der Waals surface area (Å²) in [4.78, 5) is 22.7. The largest absolute Gasteiger partial charge is 0.444 e. The van der Waals surface area contributed by atoms with Crippen molar-refractivity contribution in [1.29, 1.82) is 0 Å². The number of aromatic nitrogens is 2. The van der Waals surface area contributed by atoms with Gasteiger partial charge in [0.2, 0.25) is 0 Å². The van der Waals surface area contributed by atoms with E-state index in [0.29, 0.717) is 19.0 Å². The smallest absolute Gasteiger partial charge is 0.410 e. The van der Waals surface area contributed by atoms with Crippen LogP contribution < -0.4 is 0 Å². The van der Waals surface area contributed by atoms with Crippen LogP contribution in [0.4, 0.5) is 4.79 Å². The van der Waals surface area contributed by atoms with Crippen LogP contribution in [-0.4, -0.2) is 39.7 Å². The Morgan fingerprint density at radius 2 is 2.00 bits per heavy atom. The number of amides is 1. The van der Waals surface area contributed by atoms with Crippen molar-refractivity contribution >= 4 is 22.0 Å². The van der Waals surface area contributed by atoms with E-state index < -0.39 is 5.60 Å². The molecule has 1 aliphatic heterocycles. The summed E-state index contributed by atoms with van der Waals surface area (Å²) in [5, 5.41) is 0. The van der Waals surface area contributed by atoms with Crippen LogP contribution in [0, 0.1) is 5.92 Å². The molecule has 0 N–H and O–H groups in total. The number of halogens is 1. The van der Waals surface area contributed by atoms with Gasteiger partial charge in [-0.1, -0.05) is 6.92 Å². The second kappa shape index (κ2) is 6.30. The first-order chi connectivity index (χ1) is 9.76. The number of rotatable bonds is 1. The third-order valence-electron chi connectivity index (χ3n) is 3.53. The van der Waals surface area contributed by atoms with Gasteiger partial charge < -0.3 is 9.64 Å². The highest BCUT2D eigenvalue weighted by atomic mass is 79.9. The lowest BCUT2D eigenvalue weighted by Crippen LogP contribution is -2.44. The van der Waals surface area contributed by atoms with Crippen LogP contribution in [-0.2, 0) is 4.74 Å². The van der Waals surface area contributed by atoms with Crippen molar-refractivity contribution < 1.29 is 9.53 Å². The van der Waals surface area contributed by atoms with Crippen molar-refractivity contribution in [1.82, 2.24) is 14.9 Å². The van der Waals surface area contributed by atoms with Gasteiger partial charge in [-0.3, -0.25) is 0 Å². The van der Waals surface area contributed by atoms with E-state index in [1.54, 1.807) is 17.3 Å². The van der Waals surface area contributed by atoms with E-state index in [9.17, 15) is 4.79 Å². The summed E-state index contributed by atoms with van der Waals surface area (Å²) in [6.45, 7) is 9.15. The Balaban J connectivity index is 1.99. The standard InChI is InChI=1S/C15H22BrN3O2/c1-10-9-19(14(20)21-15(2,3)4)6-5-12(10)13-17-7-11(16)8-18-13/h7-8,10,12H,5-6,9H2,1-4H3. The number of carbonyl (C=O) groups excluding carboxylic acids is 1. The molecule has 2 heterocycles. The second-order valence-corrected chi connectivity index (χ2v) is 7.47. The third kappa shape index (κ3) is 4.40. The monoisotopic (exact) mass is 355 g/mol. The number of hydrogen-bond donors (Lipinski definition) is 0. The van der Waals surface area contributed by atoms with Crippen molar-refractivity contribution in [2.75, 3.05) is 13.1 Å². The SMILES string of the molecule is CC1CN(C(=O)OC(C)(C)C)CCC1c1ncc(Br)cn1. The average Bonchev–Trinajstić information content (AvgIpc) is 2.38. The van der Waals surface area contributed by atoms with Gasteiger partial charge in [0.25, 0.3) is 0 Å². The zero-order chi connectivity index (χ0) is 15.6. The van der Waals surface area contributed by atoms with Crippen molar-refractivity contribution in [3.63, 3.8) is 0 Å². The van der Waals surface area contributed by atoms with Crippen molar-refractivity contribution in [3.05, 3.63) is 22.7 Å². The number of likely N-dealkylation sites (tertiary alicyclic amines) is 1. The molecule has 1 aromatic rings. The Morgan fingerprint density at radius 1 is 1.38 bits per heavy atom. The van der Waals surface area contributed by atoms with E-state index in [-0.39, 0.29) is 12.0 Å². The van der Waals surface area contributed by atoms with E-state index in [1.807, 2.05) is 20.8 Å². The fourth-order valence-electron chi connectivity index (χ4n) is 2.54. The summed E-state index contributed by atoms with van der Waals surface area (Å²) in [5.41, 5.74) is -0.452. The van der Waals surface area contributed by atoms with Crippen LogP contribution in [0.2, 0.25) is 0 Å². The summed E-state index contributed by atoms with van der Waals surface area (Å²) >= 11 is 3.35. The third-order valence-corrected chi connectivity index (χ3v) is 3.94. The normalized spacial score (nSPS) is 23.0. The number of hydrogen-bond acceptors (Lipinski definition) is 4. The molecule has 2 rings (SSSR count). The van der Waals surface area contributed by atoms with E-state index >= 15 is 0 Å². The molecule has 2 unspecified atom stereocenters. The Labute approximate surface area is 134 Å². The predicted molar refractivity (Wildman–Crippen MR) is 84.1 cm³/mol. The molecule has 1 fully saturated rings. The Kier molecular flexibility index (Phi) is 4.86. The van der Waals surface area contributed by atoms with Crippen LogP contribution in [0.15, 0.2) is 16.9 Å². The molecule has 6 heteroatoms. The first kappa shape index (κ1) is 16.2. The summed E-state index contributed by atoms with van der Waals surface area (Å²) in [6.07, 6.45) is 4.18. The van der Waals surface area contributed by atoms with Gasteiger partial charge in [-0.15, -0.1) is 0 Å². The minimum atomic E-state index is -0.452. The minimum absolute atomic E-state index is 0.232. The molecular weight excluding hydrogens is 334 g/mol. The van der Waals surface area contributed by atoms with Gasteiger partial charge in [0.15, 0.2) is 0 Å². The summed E-state index contributed by atoms with van der Waals surface area (Å²) in [5.74, 6) is 1.46. The molecule has 1 amide bonds. The number of carbonyl (C=O) groups is 1. The highest BCUT2D eigenvalue weighted by molar-refractivity contribution is 9.10. The molecule has 21 heavy (non-hydrogen) atoms. The number of nitrogens with zero attached hydrogens (tertiary/aromatic N) is 3. The fourth-order valence-corrected chi connectivity index (χ4v) is 2.74. The molecule has 0 aromatic carbocycles. The molecule has 0 radical (unpaired) electrons. The molecule has 0 aliphatic carbocycles. The Bertz CT molecular complexity index is 499. The lowest BCUT2D eigenvalue weighted by Gasteiger charge is -2.36. The first-order valence-corrected chi connectivity index (χ1v) is 8.01. The summed E-state index contributed by atoms with van der Waals surface area (Å²) in [7, 11) is 0. The molecule has 0 bridgehead atoms. The maximum atomic E-state index is 12.1. The second-order valence-electron chi connectivity index (χ2n) is 6.56. The van der Waals surface area contributed by atoms with Crippen LogP contribution in [0.5, 0.6) is 0 Å². The van der Waals surface area contributed by atoms with Crippen LogP contribution in [0.3, 0.4) is 0 Å². The van der Waals surface area contributed by atoms with E-state index in [2.05, 4.69) is 32.8 Å². The van der Waals surface area contributed by atoms with Gasteiger partial charge in [-0.25, -0.2) is 14.8 Å². The highest BCUT2D eigenvalue weighted by Gasteiger charge is 2.33. The maximum Gasteiger partial charge on any atom is 0.410 e. The van der Waals surface area contributed by atoms with Crippen LogP contribution >= 0.6 is 15.9 Å². The Hall–Kier alpha value is -1.17. The number of piperidine rings is 1. The quantitative estimate of drug-likeness (QED) is 0.772. The zero-order valence-electron chi connectivity index (χ0n) is 13.0. The average molecular weight is 356 g/mol. The molecule has 1 aromatic heterocycles. The topological polar surface area (TPSA) is 55.3 Å². The van der Waals surface area contributed by atoms with Gasteiger partial charge in [0.1, 0.15) is 11.4 Å². The van der Waals surface area contributed by atoms with Gasteiger partial charge in [0.05, 0.1) is 4.47 Å². The summed E-state index contributed by atoms with van der Waals surface area (Å²) < 4.78 is 6.31. The van der Waals surface area contributed by atoms with E-state index in [1.165, 1.54) is 0 Å². The maximum absolute atomic E-state index is 12.1. The minimum Gasteiger partial charge on any atom is -0.444 e. The molecule has 116 valence electrons. The first-order valence-electron chi connectivity index (χ1n) is 7.21. The van der Waals surface area contributed by atoms with Crippen molar-refractivity contribution in [2.45, 2.75) is 45.6 Å². The Morgan fingerprint density at radius 3 is 2.52 bits per heavy atom. The lowest BCUT2D eigenvalue weighted by atomic mass is 9.86. The molecule has 2 atom stereocenters. The molecule has 0 saturated carbocycles.